The number of benzene rings is 1. The number of aliphatic hydroxyl groups is 1. The molecular formula is C15H14N2O3. The van der Waals surface area contributed by atoms with Crippen LogP contribution in [0.3, 0.4) is 0 Å². The summed E-state index contributed by atoms with van der Waals surface area (Å²) >= 11 is 0. The van der Waals surface area contributed by atoms with Crippen LogP contribution in [0.5, 0.6) is 0 Å². The monoisotopic (exact) mass is 270 g/mol. The van der Waals surface area contributed by atoms with E-state index in [1.807, 2.05) is 19.1 Å². The maximum Gasteiger partial charge on any atom is 0.293 e. The fourth-order valence-electron chi connectivity index (χ4n) is 1.78. The lowest BCUT2D eigenvalue weighted by Gasteiger charge is -2.06. The summed E-state index contributed by atoms with van der Waals surface area (Å²) in [7, 11) is 0. The zero-order chi connectivity index (χ0) is 14.5. The minimum atomic E-state index is -0.355. The molecule has 0 radical (unpaired) electrons. The first-order chi connectivity index (χ1) is 9.60. The molecule has 0 aliphatic rings. The molecule has 0 aliphatic heterocycles. The Morgan fingerprint density at radius 3 is 2.85 bits per heavy atom. The molecule has 5 heteroatoms. The molecule has 0 spiro atoms. The van der Waals surface area contributed by atoms with Gasteiger partial charge in [0.25, 0.3) is 5.91 Å². The normalized spacial score (nSPS) is 9.75. The highest BCUT2D eigenvalue weighted by Crippen LogP contribution is 2.16. The summed E-state index contributed by atoms with van der Waals surface area (Å²) < 4.78 is 5.04. The van der Waals surface area contributed by atoms with E-state index in [1.54, 1.807) is 13.0 Å². The molecule has 0 saturated heterocycles. The van der Waals surface area contributed by atoms with Gasteiger partial charge in [0.15, 0.2) is 6.39 Å². The minimum Gasteiger partial charge on any atom is -0.438 e. The summed E-state index contributed by atoms with van der Waals surface area (Å²) in [5.41, 5.74) is 2.84. The smallest absolute Gasteiger partial charge is 0.293 e. The number of carbonyl (C=O) groups is 1. The maximum atomic E-state index is 12.0. The van der Waals surface area contributed by atoms with E-state index in [0.29, 0.717) is 11.4 Å². The van der Waals surface area contributed by atoms with Crippen LogP contribution in [0.1, 0.15) is 27.4 Å². The van der Waals surface area contributed by atoms with Crippen LogP contribution in [-0.2, 0) is 0 Å². The van der Waals surface area contributed by atoms with Crippen molar-refractivity contribution in [2.75, 3.05) is 11.9 Å². The number of carbonyl (C=O) groups excluding carboxylic acids is 1. The molecule has 5 nitrogen and oxygen atoms in total. The predicted octanol–water partition coefficient (Wildman–Crippen LogP) is 1.89. The van der Waals surface area contributed by atoms with Crippen LogP contribution < -0.4 is 5.32 Å². The predicted molar refractivity (Wildman–Crippen MR) is 74.3 cm³/mol. The van der Waals surface area contributed by atoms with Crippen LogP contribution in [0.15, 0.2) is 29.0 Å². The Morgan fingerprint density at radius 1 is 1.40 bits per heavy atom. The van der Waals surface area contributed by atoms with E-state index in [-0.39, 0.29) is 18.3 Å². The molecule has 1 amide bonds. The largest absolute Gasteiger partial charge is 0.438 e. The first-order valence-corrected chi connectivity index (χ1v) is 6.03. The molecular weight excluding hydrogens is 256 g/mol. The van der Waals surface area contributed by atoms with Crippen LogP contribution in [-0.4, -0.2) is 22.6 Å². The number of amides is 1. The Balaban J connectivity index is 2.23. The van der Waals surface area contributed by atoms with Gasteiger partial charge in [-0.3, -0.25) is 4.79 Å². The lowest BCUT2D eigenvalue weighted by Crippen LogP contribution is -2.12. The van der Waals surface area contributed by atoms with Crippen molar-refractivity contribution >= 4 is 11.6 Å². The summed E-state index contributed by atoms with van der Waals surface area (Å²) in [6.07, 6.45) is 1.23. The average Bonchev–Trinajstić information content (AvgIpc) is 2.82. The zero-order valence-electron chi connectivity index (χ0n) is 11.2. The van der Waals surface area contributed by atoms with Gasteiger partial charge in [0.2, 0.25) is 5.76 Å². The molecule has 20 heavy (non-hydrogen) atoms. The summed E-state index contributed by atoms with van der Waals surface area (Å²) in [5.74, 6) is 5.22. The van der Waals surface area contributed by atoms with Gasteiger partial charge in [-0.05, 0) is 37.6 Å². The third-order valence-corrected chi connectivity index (χ3v) is 2.60. The van der Waals surface area contributed by atoms with E-state index < -0.39 is 0 Å². The minimum absolute atomic E-state index is 0.189. The molecule has 0 unspecified atom stereocenters. The number of nitrogens with one attached hydrogen (secondary N) is 1. The molecule has 2 rings (SSSR count). The SMILES string of the molecule is Cc1cc(C#CCO)cc(NC(=O)c2ocnc2C)c1. The van der Waals surface area contributed by atoms with Gasteiger partial charge in [0.1, 0.15) is 6.61 Å². The van der Waals surface area contributed by atoms with Crippen molar-refractivity contribution in [2.24, 2.45) is 0 Å². The van der Waals surface area contributed by atoms with Crippen molar-refractivity contribution in [2.45, 2.75) is 13.8 Å². The number of aliphatic hydroxyl groups excluding tert-OH is 1. The molecule has 0 atom stereocenters. The quantitative estimate of drug-likeness (QED) is 0.817. The molecule has 1 aromatic carbocycles. The standard InChI is InChI=1S/C15H14N2O3/c1-10-6-12(4-3-5-18)8-13(7-10)17-15(19)14-11(2)16-9-20-14/h6-9,18H,5H2,1-2H3,(H,17,19). The number of aryl methyl sites for hydroxylation is 2. The summed E-state index contributed by atoms with van der Waals surface area (Å²) in [4.78, 5) is 15.9. The number of oxazole rings is 1. The molecule has 0 aliphatic carbocycles. The Hall–Kier alpha value is -2.58. The van der Waals surface area contributed by atoms with E-state index >= 15 is 0 Å². The number of aromatic nitrogens is 1. The average molecular weight is 270 g/mol. The van der Waals surface area contributed by atoms with E-state index in [4.69, 9.17) is 9.52 Å². The Morgan fingerprint density at radius 2 is 2.20 bits per heavy atom. The number of anilines is 1. The van der Waals surface area contributed by atoms with E-state index in [1.165, 1.54) is 6.39 Å². The van der Waals surface area contributed by atoms with Gasteiger partial charge in [-0.25, -0.2) is 4.98 Å². The van der Waals surface area contributed by atoms with Crippen molar-refractivity contribution in [3.05, 3.63) is 47.2 Å². The van der Waals surface area contributed by atoms with Crippen LogP contribution >= 0.6 is 0 Å². The third-order valence-electron chi connectivity index (χ3n) is 2.60. The molecule has 1 heterocycles. The van der Waals surface area contributed by atoms with Gasteiger partial charge in [-0.2, -0.15) is 0 Å². The summed E-state index contributed by atoms with van der Waals surface area (Å²) in [6.45, 7) is 3.40. The van der Waals surface area contributed by atoms with Crippen LogP contribution in [0.4, 0.5) is 5.69 Å². The fourth-order valence-corrected chi connectivity index (χ4v) is 1.78. The first kappa shape index (κ1) is 13.8. The van der Waals surface area contributed by atoms with Gasteiger partial charge in [-0.15, -0.1) is 0 Å². The number of hydrogen-bond acceptors (Lipinski definition) is 4. The first-order valence-electron chi connectivity index (χ1n) is 6.03. The Kier molecular flexibility index (Phi) is 4.18. The lowest BCUT2D eigenvalue weighted by molar-refractivity contribution is 0.0996. The Bertz CT molecular complexity index is 693. The van der Waals surface area contributed by atoms with Crippen LogP contribution in [0.2, 0.25) is 0 Å². The highest BCUT2D eigenvalue weighted by Gasteiger charge is 2.14. The van der Waals surface area contributed by atoms with Gasteiger partial charge in [0.05, 0.1) is 5.69 Å². The van der Waals surface area contributed by atoms with E-state index in [9.17, 15) is 4.79 Å². The van der Waals surface area contributed by atoms with Crippen molar-refractivity contribution < 1.29 is 14.3 Å². The van der Waals surface area contributed by atoms with Crippen molar-refractivity contribution in [3.63, 3.8) is 0 Å². The summed E-state index contributed by atoms with van der Waals surface area (Å²) in [5, 5.41) is 11.4. The molecule has 1 aromatic heterocycles. The van der Waals surface area contributed by atoms with Gasteiger partial charge in [-0.1, -0.05) is 11.8 Å². The van der Waals surface area contributed by atoms with Crippen molar-refractivity contribution in [3.8, 4) is 11.8 Å². The van der Waals surface area contributed by atoms with Crippen LogP contribution in [0, 0.1) is 25.7 Å². The topological polar surface area (TPSA) is 75.4 Å². The van der Waals surface area contributed by atoms with Crippen molar-refractivity contribution in [1.29, 1.82) is 0 Å². The molecule has 2 N–H and O–H groups in total. The zero-order valence-corrected chi connectivity index (χ0v) is 11.2. The highest BCUT2D eigenvalue weighted by atomic mass is 16.3. The van der Waals surface area contributed by atoms with Gasteiger partial charge in [0, 0.05) is 11.3 Å². The molecule has 102 valence electrons. The number of hydrogen-bond donors (Lipinski definition) is 2. The highest BCUT2D eigenvalue weighted by molar-refractivity contribution is 6.03. The fraction of sp³-hybridized carbons (Fsp3) is 0.200. The molecule has 0 saturated carbocycles. The molecule has 0 fully saturated rings. The number of nitrogens with zero attached hydrogens (tertiary/aromatic N) is 1. The van der Waals surface area contributed by atoms with Crippen LogP contribution in [0.25, 0.3) is 0 Å². The Labute approximate surface area is 116 Å². The van der Waals surface area contributed by atoms with Gasteiger partial charge >= 0.3 is 0 Å². The second kappa shape index (κ2) is 6.04. The van der Waals surface area contributed by atoms with E-state index in [2.05, 4.69) is 22.1 Å². The van der Waals surface area contributed by atoms with Crippen molar-refractivity contribution in [1.82, 2.24) is 4.98 Å². The summed E-state index contributed by atoms with van der Waals surface area (Å²) in [6, 6.07) is 5.44. The second-order valence-corrected chi connectivity index (χ2v) is 4.27. The maximum absolute atomic E-state index is 12.0. The molecule has 0 bridgehead atoms. The second-order valence-electron chi connectivity index (χ2n) is 4.27. The third kappa shape index (κ3) is 3.25. The number of rotatable bonds is 2. The van der Waals surface area contributed by atoms with Gasteiger partial charge < -0.3 is 14.8 Å². The lowest BCUT2D eigenvalue weighted by atomic mass is 10.1. The van der Waals surface area contributed by atoms with E-state index in [0.717, 1.165) is 11.1 Å². The molecule has 2 aromatic rings.